The first-order chi connectivity index (χ1) is 9.70. The van der Waals surface area contributed by atoms with E-state index < -0.39 is 0 Å². The molecule has 0 aromatic heterocycles. The van der Waals surface area contributed by atoms with E-state index in [-0.39, 0.29) is 6.04 Å². The number of nitrogens with two attached hydrogens (primary N) is 1. The number of benzene rings is 1. The molecule has 2 rings (SSSR count). The summed E-state index contributed by atoms with van der Waals surface area (Å²) in [6, 6.07) is 8.91. The first-order valence-electron chi connectivity index (χ1n) is 7.59. The minimum Gasteiger partial charge on any atom is -0.378 e. The van der Waals surface area contributed by atoms with Gasteiger partial charge in [0.25, 0.3) is 0 Å². The van der Waals surface area contributed by atoms with Gasteiger partial charge in [0, 0.05) is 32.4 Å². The molecule has 0 radical (unpaired) electrons. The van der Waals surface area contributed by atoms with E-state index in [1.807, 2.05) is 0 Å². The highest BCUT2D eigenvalue weighted by Gasteiger charge is 2.10. The SMILES string of the molecule is CN(C)c1ccc(C(CN)NCCC2=CCCC2)cc1. The Hall–Kier alpha value is -1.32. The maximum absolute atomic E-state index is 5.91. The fourth-order valence-electron chi connectivity index (χ4n) is 2.71. The van der Waals surface area contributed by atoms with E-state index in [0.717, 1.165) is 13.0 Å². The molecular weight excluding hydrogens is 246 g/mol. The minimum atomic E-state index is 0.258. The molecule has 3 heteroatoms. The standard InChI is InChI=1S/C17H27N3/c1-20(2)16-9-7-15(8-10-16)17(13-18)19-12-11-14-5-3-4-6-14/h5,7-10,17,19H,3-4,6,11-13,18H2,1-2H3. The highest BCUT2D eigenvalue weighted by atomic mass is 15.1. The third kappa shape index (κ3) is 4.09. The monoisotopic (exact) mass is 273 g/mol. The van der Waals surface area contributed by atoms with Gasteiger partial charge in [0.15, 0.2) is 0 Å². The third-order valence-electron chi connectivity index (χ3n) is 4.02. The molecule has 0 heterocycles. The predicted molar refractivity (Wildman–Crippen MR) is 87.1 cm³/mol. The van der Waals surface area contributed by atoms with E-state index in [0.29, 0.717) is 6.54 Å². The number of hydrogen-bond donors (Lipinski definition) is 2. The van der Waals surface area contributed by atoms with Crippen molar-refractivity contribution in [1.82, 2.24) is 5.32 Å². The average molecular weight is 273 g/mol. The van der Waals surface area contributed by atoms with Crippen molar-refractivity contribution in [3.05, 3.63) is 41.5 Å². The fourth-order valence-corrected chi connectivity index (χ4v) is 2.71. The van der Waals surface area contributed by atoms with Crippen LogP contribution in [0.5, 0.6) is 0 Å². The van der Waals surface area contributed by atoms with Gasteiger partial charge in [-0.3, -0.25) is 0 Å². The quantitative estimate of drug-likeness (QED) is 0.751. The third-order valence-corrected chi connectivity index (χ3v) is 4.02. The first-order valence-corrected chi connectivity index (χ1v) is 7.59. The van der Waals surface area contributed by atoms with Crippen molar-refractivity contribution in [2.75, 3.05) is 32.1 Å². The van der Waals surface area contributed by atoms with Crippen molar-refractivity contribution in [3.8, 4) is 0 Å². The van der Waals surface area contributed by atoms with E-state index in [2.05, 4.69) is 54.7 Å². The van der Waals surface area contributed by atoms with Gasteiger partial charge in [-0.25, -0.2) is 0 Å². The van der Waals surface area contributed by atoms with Crippen LogP contribution in [0.2, 0.25) is 0 Å². The molecule has 1 aromatic rings. The Kier molecular flexibility index (Phi) is 5.62. The van der Waals surface area contributed by atoms with Crippen molar-refractivity contribution in [2.24, 2.45) is 5.73 Å². The molecule has 0 spiro atoms. The predicted octanol–water partition coefficient (Wildman–Crippen LogP) is 2.84. The van der Waals surface area contributed by atoms with Crippen molar-refractivity contribution in [2.45, 2.75) is 31.7 Å². The van der Waals surface area contributed by atoms with Crippen molar-refractivity contribution in [3.63, 3.8) is 0 Å². The fraction of sp³-hybridized carbons (Fsp3) is 0.529. The second-order valence-electron chi connectivity index (χ2n) is 5.73. The van der Waals surface area contributed by atoms with Gasteiger partial charge in [0.05, 0.1) is 0 Å². The number of rotatable bonds is 7. The van der Waals surface area contributed by atoms with E-state index >= 15 is 0 Å². The molecule has 0 saturated heterocycles. The largest absolute Gasteiger partial charge is 0.378 e. The van der Waals surface area contributed by atoms with Crippen LogP contribution in [0, 0.1) is 0 Å². The van der Waals surface area contributed by atoms with Crippen LogP contribution in [0.3, 0.4) is 0 Å². The van der Waals surface area contributed by atoms with Crippen molar-refractivity contribution in [1.29, 1.82) is 0 Å². The van der Waals surface area contributed by atoms with Gasteiger partial charge in [-0.2, -0.15) is 0 Å². The van der Waals surface area contributed by atoms with Crippen LogP contribution in [0.15, 0.2) is 35.9 Å². The maximum Gasteiger partial charge on any atom is 0.0444 e. The van der Waals surface area contributed by atoms with Crippen LogP contribution in [0.1, 0.15) is 37.3 Å². The maximum atomic E-state index is 5.91. The van der Waals surface area contributed by atoms with E-state index in [9.17, 15) is 0 Å². The molecule has 0 bridgehead atoms. The second-order valence-corrected chi connectivity index (χ2v) is 5.73. The molecule has 3 N–H and O–H groups in total. The summed E-state index contributed by atoms with van der Waals surface area (Å²) in [7, 11) is 4.12. The molecule has 1 aliphatic rings. The summed E-state index contributed by atoms with van der Waals surface area (Å²) in [5, 5.41) is 3.58. The second kappa shape index (κ2) is 7.46. The summed E-state index contributed by atoms with van der Waals surface area (Å²) in [6.07, 6.45) is 7.44. The molecule has 20 heavy (non-hydrogen) atoms. The summed E-state index contributed by atoms with van der Waals surface area (Å²) < 4.78 is 0. The summed E-state index contributed by atoms with van der Waals surface area (Å²) in [6.45, 7) is 1.66. The van der Waals surface area contributed by atoms with Crippen LogP contribution in [-0.2, 0) is 0 Å². The Balaban J connectivity index is 1.86. The van der Waals surface area contributed by atoms with Gasteiger partial charge in [0.1, 0.15) is 0 Å². The number of nitrogens with zero attached hydrogens (tertiary/aromatic N) is 1. The Morgan fingerprint density at radius 1 is 1.25 bits per heavy atom. The zero-order chi connectivity index (χ0) is 14.4. The minimum absolute atomic E-state index is 0.258. The Morgan fingerprint density at radius 3 is 2.55 bits per heavy atom. The summed E-state index contributed by atoms with van der Waals surface area (Å²) >= 11 is 0. The Labute approximate surface area is 122 Å². The van der Waals surface area contributed by atoms with Gasteiger partial charge >= 0.3 is 0 Å². The number of anilines is 1. The molecule has 0 fully saturated rings. The van der Waals surface area contributed by atoms with Crippen LogP contribution >= 0.6 is 0 Å². The summed E-state index contributed by atoms with van der Waals surface area (Å²) in [5.41, 5.74) is 10.0. The molecule has 110 valence electrons. The zero-order valence-corrected chi connectivity index (χ0v) is 12.7. The van der Waals surface area contributed by atoms with Crippen LogP contribution < -0.4 is 16.0 Å². The molecule has 0 aliphatic heterocycles. The molecule has 1 aromatic carbocycles. The van der Waals surface area contributed by atoms with Crippen molar-refractivity contribution < 1.29 is 0 Å². The molecular formula is C17H27N3. The molecule has 1 unspecified atom stereocenters. The lowest BCUT2D eigenvalue weighted by Crippen LogP contribution is -2.29. The van der Waals surface area contributed by atoms with Crippen LogP contribution in [-0.4, -0.2) is 27.2 Å². The van der Waals surface area contributed by atoms with Crippen LogP contribution in [0.4, 0.5) is 5.69 Å². The number of hydrogen-bond acceptors (Lipinski definition) is 3. The summed E-state index contributed by atoms with van der Waals surface area (Å²) in [4.78, 5) is 2.11. The average Bonchev–Trinajstić information content (AvgIpc) is 2.97. The topological polar surface area (TPSA) is 41.3 Å². The Bertz CT molecular complexity index is 434. The smallest absolute Gasteiger partial charge is 0.0444 e. The molecule has 0 saturated carbocycles. The van der Waals surface area contributed by atoms with Gasteiger partial charge in [0.2, 0.25) is 0 Å². The zero-order valence-electron chi connectivity index (χ0n) is 12.7. The van der Waals surface area contributed by atoms with Gasteiger partial charge in [-0.05, 0) is 49.9 Å². The lowest BCUT2D eigenvalue weighted by molar-refractivity contribution is 0.542. The Morgan fingerprint density at radius 2 is 2.00 bits per heavy atom. The van der Waals surface area contributed by atoms with E-state index in [4.69, 9.17) is 5.73 Å². The van der Waals surface area contributed by atoms with Gasteiger partial charge < -0.3 is 16.0 Å². The summed E-state index contributed by atoms with van der Waals surface area (Å²) in [5.74, 6) is 0. The lowest BCUT2D eigenvalue weighted by atomic mass is 10.1. The van der Waals surface area contributed by atoms with E-state index in [1.165, 1.54) is 30.5 Å². The van der Waals surface area contributed by atoms with Gasteiger partial charge in [-0.1, -0.05) is 23.8 Å². The lowest BCUT2D eigenvalue weighted by Gasteiger charge is -2.19. The highest BCUT2D eigenvalue weighted by Crippen LogP contribution is 2.21. The highest BCUT2D eigenvalue weighted by molar-refractivity contribution is 5.46. The molecule has 1 atom stereocenters. The molecule has 3 nitrogen and oxygen atoms in total. The van der Waals surface area contributed by atoms with Gasteiger partial charge in [-0.15, -0.1) is 0 Å². The number of allylic oxidation sites excluding steroid dienone is 1. The normalized spacial score (nSPS) is 16.1. The molecule has 1 aliphatic carbocycles. The van der Waals surface area contributed by atoms with Crippen molar-refractivity contribution >= 4 is 5.69 Å². The van der Waals surface area contributed by atoms with Crippen LogP contribution in [0.25, 0.3) is 0 Å². The number of nitrogens with one attached hydrogen (secondary N) is 1. The first kappa shape index (κ1) is 15.1. The molecule has 0 amide bonds. The van der Waals surface area contributed by atoms with E-state index in [1.54, 1.807) is 5.57 Å².